The second kappa shape index (κ2) is 6.74. The summed E-state index contributed by atoms with van der Waals surface area (Å²) in [7, 11) is 0. The van der Waals surface area contributed by atoms with Gasteiger partial charge in [-0.15, -0.1) is 0 Å². The van der Waals surface area contributed by atoms with Gasteiger partial charge >= 0.3 is 0 Å². The molecular formula is C21H24N+. The van der Waals surface area contributed by atoms with Gasteiger partial charge in [0.1, 0.15) is 0 Å². The molecule has 0 N–H and O–H groups in total. The molecule has 112 valence electrons. The Morgan fingerprint density at radius 3 is 2.55 bits per heavy atom. The normalized spacial score (nSPS) is 11.0. The van der Waals surface area contributed by atoms with E-state index in [2.05, 4.69) is 79.2 Å². The van der Waals surface area contributed by atoms with Gasteiger partial charge in [-0.3, -0.25) is 0 Å². The molecule has 3 aromatic rings. The van der Waals surface area contributed by atoms with E-state index in [0.29, 0.717) is 0 Å². The van der Waals surface area contributed by atoms with Gasteiger partial charge in [-0.05, 0) is 31.4 Å². The first-order valence-corrected chi connectivity index (χ1v) is 8.23. The maximum absolute atomic E-state index is 2.36. The van der Waals surface area contributed by atoms with E-state index in [9.17, 15) is 0 Å². The summed E-state index contributed by atoms with van der Waals surface area (Å²) < 4.78 is 2.36. The predicted octanol–water partition coefficient (Wildman–Crippen LogP) is 4.83. The van der Waals surface area contributed by atoms with Gasteiger partial charge in [0.2, 0.25) is 5.52 Å². The largest absolute Gasteiger partial charge is 0.213 e. The minimum absolute atomic E-state index is 0.925. The second-order valence-electron chi connectivity index (χ2n) is 6.08. The number of pyridine rings is 1. The molecule has 3 rings (SSSR count). The summed E-state index contributed by atoms with van der Waals surface area (Å²) in [5.74, 6) is 0. The molecule has 0 spiro atoms. The number of hydrogen-bond acceptors (Lipinski definition) is 0. The third-order valence-electron chi connectivity index (χ3n) is 4.26. The maximum atomic E-state index is 2.36. The molecule has 0 bridgehead atoms. The van der Waals surface area contributed by atoms with Crippen LogP contribution in [0.5, 0.6) is 0 Å². The second-order valence-corrected chi connectivity index (χ2v) is 6.08. The Bertz CT molecular complexity index is 759. The van der Waals surface area contributed by atoms with E-state index in [-0.39, 0.29) is 0 Å². The van der Waals surface area contributed by atoms with E-state index < -0.39 is 0 Å². The lowest BCUT2D eigenvalue weighted by atomic mass is 10.0. The predicted molar refractivity (Wildman–Crippen MR) is 93.0 cm³/mol. The SMILES string of the molecule is CCCCc1cc[n+](Cc2ccccc2)c2ccc(C)cc12. The molecule has 0 saturated heterocycles. The van der Waals surface area contributed by atoms with Crippen molar-refractivity contribution in [3.05, 3.63) is 77.5 Å². The average Bonchev–Trinajstić information content (AvgIpc) is 2.55. The van der Waals surface area contributed by atoms with Crippen LogP contribution in [0.15, 0.2) is 60.8 Å². The van der Waals surface area contributed by atoms with Crippen molar-refractivity contribution >= 4 is 10.9 Å². The van der Waals surface area contributed by atoms with E-state index in [0.717, 1.165) is 6.54 Å². The van der Waals surface area contributed by atoms with Gasteiger partial charge in [0.25, 0.3) is 0 Å². The Hall–Kier alpha value is -2.15. The van der Waals surface area contributed by atoms with Gasteiger partial charge in [0.05, 0.1) is 0 Å². The van der Waals surface area contributed by atoms with Gasteiger partial charge < -0.3 is 0 Å². The highest BCUT2D eigenvalue weighted by atomic mass is 14.9. The number of nitrogens with zero attached hydrogens (tertiary/aromatic N) is 1. The molecule has 22 heavy (non-hydrogen) atoms. The Balaban J connectivity index is 2.04. The average molecular weight is 290 g/mol. The summed E-state index contributed by atoms with van der Waals surface area (Å²) in [4.78, 5) is 0. The quantitative estimate of drug-likeness (QED) is 0.593. The van der Waals surface area contributed by atoms with Crippen molar-refractivity contribution < 1.29 is 4.57 Å². The number of benzene rings is 2. The van der Waals surface area contributed by atoms with Crippen molar-refractivity contribution in [2.45, 2.75) is 39.7 Å². The third kappa shape index (κ3) is 3.19. The first-order chi connectivity index (χ1) is 10.8. The maximum Gasteiger partial charge on any atom is 0.213 e. The molecule has 0 saturated carbocycles. The molecule has 0 aliphatic rings. The van der Waals surface area contributed by atoms with E-state index in [1.807, 2.05) is 0 Å². The van der Waals surface area contributed by atoms with Crippen molar-refractivity contribution in [3.8, 4) is 0 Å². The minimum Gasteiger partial charge on any atom is -0.194 e. The van der Waals surface area contributed by atoms with Crippen molar-refractivity contribution in [1.82, 2.24) is 0 Å². The first kappa shape index (κ1) is 14.8. The molecule has 1 heteroatoms. The Labute approximate surface area is 133 Å². The van der Waals surface area contributed by atoms with Crippen molar-refractivity contribution in [2.75, 3.05) is 0 Å². The van der Waals surface area contributed by atoms with Crippen molar-refractivity contribution in [1.29, 1.82) is 0 Å². The molecule has 1 aromatic heterocycles. The zero-order valence-corrected chi connectivity index (χ0v) is 13.5. The van der Waals surface area contributed by atoms with Crippen molar-refractivity contribution in [3.63, 3.8) is 0 Å². The van der Waals surface area contributed by atoms with Crippen LogP contribution in [-0.4, -0.2) is 0 Å². The topological polar surface area (TPSA) is 3.88 Å². The van der Waals surface area contributed by atoms with Crippen LogP contribution in [0.3, 0.4) is 0 Å². The zero-order chi connectivity index (χ0) is 15.4. The van der Waals surface area contributed by atoms with Gasteiger partial charge in [0.15, 0.2) is 12.7 Å². The van der Waals surface area contributed by atoms with E-state index in [4.69, 9.17) is 0 Å². The first-order valence-electron chi connectivity index (χ1n) is 8.23. The van der Waals surface area contributed by atoms with Crippen LogP contribution >= 0.6 is 0 Å². The number of hydrogen-bond donors (Lipinski definition) is 0. The summed E-state index contributed by atoms with van der Waals surface area (Å²) in [6, 6.07) is 19.8. The van der Waals surface area contributed by atoms with Crippen LogP contribution in [-0.2, 0) is 13.0 Å². The lowest BCUT2D eigenvalue weighted by molar-refractivity contribution is -0.662. The van der Waals surface area contributed by atoms with Gasteiger partial charge in [-0.2, -0.15) is 4.57 Å². The number of aryl methyl sites for hydroxylation is 2. The molecule has 0 atom stereocenters. The molecule has 0 aliphatic heterocycles. The highest BCUT2D eigenvalue weighted by Gasteiger charge is 2.13. The monoisotopic (exact) mass is 290 g/mol. The summed E-state index contributed by atoms with van der Waals surface area (Å²) in [5, 5.41) is 1.41. The van der Waals surface area contributed by atoms with Gasteiger partial charge in [-0.1, -0.05) is 55.3 Å². The fraction of sp³-hybridized carbons (Fsp3) is 0.286. The smallest absolute Gasteiger partial charge is 0.194 e. The fourth-order valence-electron chi connectivity index (χ4n) is 3.01. The molecule has 1 nitrogen and oxygen atoms in total. The summed E-state index contributed by atoms with van der Waals surface area (Å²) >= 11 is 0. The van der Waals surface area contributed by atoms with Gasteiger partial charge in [-0.25, -0.2) is 0 Å². The molecule has 0 unspecified atom stereocenters. The van der Waals surface area contributed by atoms with E-state index in [1.165, 1.54) is 46.9 Å². The molecule has 0 aliphatic carbocycles. The van der Waals surface area contributed by atoms with Gasteiger partial charge in [0, 0.05) is 23.1 Å². The van der Waals surface area contributed by atoms with Crippen LogP contribution in [0, 0.1) is 6.92 Å². The Morgan fingerprint density at radius 1 is 0.955 bits per heavy atom. The van der Waals surface area contributed by atoms with Crippen molar-refractivity contribution in [2.24, 2.45) is 0 Å². The number of rotatable bonds is 5. The minimum atomic E-state index is 0.925. The standard InChI is InChI=1S/C21H24N/c1-3-4-10-19-13-14-22(16-18-8-6-5-7-9-18)21-12-11-17(2)15-20(19)21/h5-9,11-15H,3-4,10,16H2,1-2H3/q+1. The van der Waals surface area contributed by atoms with Crippen LogP contribution in [0.1, 0.15) is 36.5 Å². The highest BCUT2D eigenvalue weighted by molar-refractivity contribution is 5.80. The number of fused-ring (bicyclic) bond motifs is 1. The summed E-state index contributed by atoms with van der Waals surface area (Å²) in [6.07, 6.45) is 5.91. The highest BCUT2D eigenvalue weighted by Crippen LogP contribution is 2.19. The molecule has 1 heterocycles. The summed E-state index contributed by atoms with van der Waals surface area (Å²) in [5.41, 5.74) is 5.49. The van der Waals surface area contributed by atoms with Crippen LogP contribution in [0.25, 0.3) is 10.9 Å². The molecule has 0 fully saturated rings. The number of unbranched alkanes of at least 4 members (excludes halogenated alkanes) is 1. The van der Waals surface area contributed by atoms with E-state index in [1.54, 1.807) is 0 Å². The lowest BCUT2D eigenvalue weighted by Crippen LogP contribution is -2.35. The fourth-order valence-corrected chi connectivity index (χ4v) is 3.01. The Morgan fingerprint density at radius 2 is 1.77 bits per heavy atom. The number of aromatic nitrogens is 1. The Kier molecular flexibility index (Phi) is 4.53. The third-order valence-corrected chi connectivity index (χ3v) is 4.26. The molecule has 0 amide bonds. The molecule has 0 radical (unpaired) electrons. The lowest BCUT2D eigenvalue weighted by Gasteiger charge is -2.08. The van der Waals surface area contributed by atoms with Crippen LogP contribution in [0.2, 0.25) is 0 Å². The van der Waals surface area contributed by atoms with Crippen LogP contribution in [0.4, 0.5) is 0 Å². The molecular weight excluding hydrogens is 266 g/mol. The zero-order valence-electron chi connectivity index (χ0n) is 13.5. The van der Waals surface area contributed by atoms with E-state index >= 15 is 0 Å². The summed E-state index contributed by atoms with van der Waals surface area (Å²) in [6.45, 7) is 5.36. The molecule has 2 aromatic carbocycles. The van der Waals surface area contributed by atoms with Crippen LogP contribution < -0.4 is 4.57 Å².